The van der Waals surface area contributed by atoms with Crippen molar-refractivity contribution in [2.45, 2.75) is 62.3 Å². The molecular formula is C36H42N4O5S. The topological polar surface area (TPSA) is 116 Å². The first-order chi connectivity index (χ1) is 22.3. The van der Waals surface area contributed by atoms with Crippen LogP contribution in [0.4, 0.5) is 0 Å². The Kier molecular flexibility index (Phi) is 11.1. The number of imide groups is 1. The van der Waals surface area contributed by atoms with Gasteiger partial charge in [-0.1, -0.05) is 73.2 Å². The van der Waals surface area contributed by atoms with Crippen molar-refractivity contribution in [1.82, 2.24) is 20.4 Å². The number of allylic oxidation sites excluding steroid dienone is 4. The van der Waals surface area contributed by atoms with Gasteiger partial charge < -0.3 is 15.5 Å². The molecule has 2 N–H and O–H groups in total. The predicted molar refractivity (Wildman–Crippen MR) is 179 cm³/mol. The molecule has 2 aliphatic heterocycles. The van der Waals surface area contributed by atoms with E-state index in [0.29, 0.717) is 56.2 Å². The zero-order valence-corrected chi connectivity index (χ0v) is 27.0. The van der Waals surface area contributed by atoms with E-state index in [1.807, 2.05) is 42.5 Å². The van der Waals surface area contributed by atoms with Crippen LogP contribution in [0.5, 0.6) is 0 Å². The van der Waals surface area contributed by atoms with Crippen LogP contribution < -0.4 is 10.6 Å². The number of amides is 5. The van der Waals surface area contributed by atoms with Gasteiger partial charge in [-0.25, -0.2) is 0 Å². The fourth-order valence-electron chi connectivity index (χ4n) is 6.70. The summed E-state index contributed by atoms with van der Waals surface area (Å²) in [5, 5.41) is 5.05. The van der Waals surface area contributed by atoms with Crippen molar-refractivity contribution in [2.24, 2.45) is 11.8 Å². The average Bonchev–Trinajstić information content (AvgIpc) is 3.21. The molecule has 0 spiro atoms. The lowest BCUT2D eigenvalue weighted by Gasteiger charge is -2.32. The molecule has 10 heteroatoms. The Bertz CT molecular complexity index is 1470. The van der Waals surface area contributed by atoms with Crippen molar-refractivity contribution in [3.8, 4) is 0 Å². The molecule has 0 bridgehead atoms. The molecular weight excluding hydrogens is 600 g/mol. The summed E-state index contributed by atoms with van der Waals surface area (Å²) in [5.74, 6) is -1.07. The van der Waals surface area contributed by atoms with Crippen LogP contribution in [-0.2, 0) is 20.8 Å². The Hall–Kier alpha value is -4.18. The SMILES string of the molecule is CNC(=O)[C@H](Cc1ccccc1)N1CC[C@H](C2C=CC=CC2)C[C@H](NC(=O)C(S)CCCCN2C(=O)c3ccccc3C2=O)C1=O. The first-order valence-electron chi connectivity index (χ1n) is 16.1. The highest BCUT2D eigenvalue weighted by Gasteiger charge is 2.40. The van der Waals surface area contributed by atoms with Gasteiger partial charge in [-0.15, -0.1) is 0 Å². The lowest BCUT2D eigenvalue weighted by atomic mass is 9.81. The molecule has 3 aliphatic rings. The highest BCUT2D eigenvalue weighted by molar-refractivity contribution is 7.81. The monoisotopic (exact) mass is 642 g/mol. The molecule has 5 amide bonds. The van der Waals surface area contributed by atoms with E-state index in [2.05, 4.69) is 35.4 Å². The molecule has 0 radical (unpaired) electrons. The molecule has 1 saturated heterocycles. The van der Waals surface area contributed by atoms with Crippen LogP contribution in [-0.4, -0.2) is 76.8 Å². The first kappa shape index (κ1) is 33.2. The Morgan fingerprint density at radius 2 is 1.63 bits per heavy atom. The van der Waals surface area contributed by atoms with Gasteiger partial charge in [0.1, 0.15) is 12.1 Å². The molecule has 46 heavy (non-hydrogen) atoms. The second kappa shape index (κ2) is 15.4. The van der Waals surface area contributed by atoms with E-state index in [-0.39, 0.29) is 47.9 Å². The standard InChI is InChI=1S/C36H42N4O5S/c1-37-32(41)30(22-24-12-4-2-5-13-24)39-21-19-26(25-14-6-3-7-15-25)23-29(36(39)45)38-33(42)31(46)18-10-11-20-40-34(43)27-16-8-9-17-28(27)35(40)44/h2-9,12-14,16-17,25-26,29-31,46H,10-11,15,18-23H2,1H3,(H,37,41)(H,38,42)/t25?,26-,29-,30-,31?/m0/s1. The molecule has 1 aliphatic carbocycles. The van der Waals surface area contributed by atoms with Crippen LogP contribution >= 0.6 is 12.6 Å². The zero-order valence-electron chi connectivity index (χ0n) is 26.1. The van der Waals surface area contributed by atoms with E-state index in [1.165, 1.54) is 4.90 Å². The van der Waals surface area contributed by atoms with Gasteiger partial charge in [-0.05, 0) is 61.6 Å². The third kappa shape index (κ3) is 7.61. The number of benzene rings is 2. The zero-order chi connectivity index (χ0) is 32.6. The lowest BCUT2D eigenvalue weighted by Crippen LogP contribution is -2.56. The Morgan fingerprint density at radius 3 is 2.28 bits per heavy atom. The van der Waals surface area contributed by atoms with Crippen LogP contribution in [0.3, 0.4) is 0 Å². The number of likely N-dealkylation sites (N-methyl/N-ethyl adjacent to an activating group) is 1. The van der Waals surface area contributed by atoms with Crippen LogP contribution in [0.1, 0.15) is 64.8 Å². The van der Waals surface area contributed by atoms with E-state index < -0.39 is 17.3 Å². The third-order valence-corrected chi connectivity index (χ3v) is 9.78. The summed E-state index contributed by atoms with van der Waals surface area (Å²) in [6, 6.07) is 14.9. The minimum absolute atomic E-state index is 0.139. The van der Waals surface area contributed by atoms with Gasteiger partial charge in [-0.3, -0.25) is 28.9 Å². The molecule has 9 nitrogen and oxygen atoms in total. The van der Waals surface area contributed by atoms with Crippen molar-refractivity contribution < 1.29 is 24.0 Å². The van der Waals surface area contributed by atoms with E-state index in [1.54, 1.807) is 36.2 Å². The molecule has 0 aromatic heterocycles. The van der Waals surface area contributed by atoms with Gasteiger partial charge in [0.15, 0.2) is 0 Å². The number of thiol groups is 1. The molecule has 2 heterocycles. The summed E-state index contributed by atoms with van der Waals surface area (Å²) in [6.45, 7) is 0.675. The number of nitrogens with one attached hydrogen (secondary N) is 2. The molecule has 5 rings (SSSR count). The summed E-state index contributed by atoms with van der Waals surface area (Å²) in [7, 11) is 1.57. The number of carbonyl (C=O) groups is 5. The maximum absolute atomic E-state index is 14.2. The van der Waals surface area contributed by atoms with Crippen molar-refractivity contribution in [2.75, 3.05) is 20.1 Å². The molecule has 0 saturated carbocycles. The number of carbonyl (C=O) groups excluding carboxylic acids is 5. The van der Waals surface area contributed by atoms with Gasteiger partial charge in [0.2, 0.25) is 17.7 Å². The van der Waals surface area contributed by atoms with Gasteiger partial charge in [0, 0.05) is 26.6 Å². The van der Waals surface area contributed by atoms with Crippen molar-refractivity contribution in [3.05, 3.63) is 95.6 Å². The van der Waals surface area contributed by atoms with Crippen molar-refractivity contribution in [1.29, 1.82) is 0 Å². The van der Waals surface area contributed by atoms with Crippen LogP contribution in [0, 0.1) is 11.8 Å². The number of likely N-dealkylation sites (tertiary alicyclic amines) is 1. The summed E-state index contributed by atoms with van der Waals surface area (Å²) >= 11 is 4.57. The number of nitrogens with zero attached hydrogens (tertiary/aromatic N) is 2. The molecule has 5 atom stereocenters. The van der Waals surface area contributed by atoms with Gasteiger partial charge in [0.25, 0.3) is 11.8 Å². The normalized spacial score (nSPS) is 22.3. The van der Waals surface area contributed by atoms with E-state index >= 15 is 0 Å². The minimum atomic E-state index is -0.796. The van der Waals surface area contributed by atoms with Crippen molar-refractivity contribution in [3.63, 3.8) is 0 Å². The summed E-state index contributed by atoms with van der Waals surface area (Å²) < 4.78 is 0. The second-order valence-corrected chi connectivity index (χ2v) is 12.9. The van der Waals surface area contributed by atoms with Crippen molar-refractivity contribution >= 4 is 42.2 Å². The fourth-order valence-corrected chi connectivity index (χ4v) is 6.96. The average molecular weight is 643 g/mol. The highest BCUT2D eigenvalue weighted by Crippen LogP contribution is 2.32. The van der Waals surface area contributed by atoms with E-state index in [0.717, 1.165) is 12.0 Å². The third-order valence-electron chi connectivity index (χ3n) is 9.28. The summed E-state index contributed by atoms with van der Waals surface area (Å²) in [6.07, 6.45) is 12.3. The first-order valence-corrected chi connectivity index (χ1v) is 16.6. The minimum Gasteiger partial charge on any atom is -0.357 e. The molecule has 2 aromatic rings. The Labute approximate surface area is 275 Å². The predicted octanol–water partition coefficient (Wildman–Crippen LogP) is 3.96. The maximum atomic E-state index is 14.2. The molecule has 242 valence electrons. The molecule has 1 fully saturated rings. The maximum Gasteiger partial charge on any atom is 0.261 e. The number of rotatable bonds is 12. The smallest absolute Gasteiger partial charge is 0.261 e. The summed E-state index contributed by atoms with van der Waals surface area (Å²) in [5.41, 5.74) is 1.78. The Morgan fingerprint density at radius 1 is 0.935 bits per heavy atom. The molecule has 2 aromatic carbocycles. The van der Waals surface area contributed by atoms with Gasteiger partial charge >= 0.3 is 0 Å². The van der Waals surface area contributed by atoms with Gasteiger partial charge in [0.05, 0.1) is 16.4 Å². The van der Waals surface area contributed by atoms with Crippen LogP contribution in [0.25, 0.3) is 0 Å². The van der Waals surface area contributed by atoms with Crippen LogP contribution in [0.15, 0.2) is 78.9 Å². The van der Waals surface area contributed by atoms with Crippen LogP contribution in [0.2, 0.25) is 0 Å². The quantitative estimate of drug-likeness (QED) is 0.184. The number of hydrogen-bond donors (Lipinski definition) is 3. The molecule has 2 unspecified atom stereocenters. The van der Waals surface area contributed by atoms with E-state index in [4.69, 9.17) is 0 Å². The van der Waals surface area contributed by atoms with E-state index in [9.17, 15) is 24.0 Å². The highest BCUT2D eigenvalue weighted by atomic mass is 32.1. The lowest BCUT2D eigenvalue weighted by molar-refractivity contribution is -0.142. The number of fused-ring (bicyclic) bond motifs is 1. The number of unbranched alkanes of at least 4 members (excludes halogenated alkanes) is 1. The Balaban J connectivity index is 1.23. The van der Waals surface area contributed by atoms with Gasteiger partial charge in [-0.2, -0.15) is 12.6 Å². The number of hydrogen-bond acceptors (Lipinski definition) is 6. The largest absolute Gasteiger partial charge is 0.357 e. The second-order valence-electron chi connectivity index (χ2n) is 12.2. The summed E-state index contributed by atoms with van der Waals surface area (Å²) in [4.78, 5) is 69.0. The fraction of sp³-hybridized carbons (Fsp3) is 0.417.